The Kier molecular flexibility index (Phi) is 6.37. The molecular formula is C29H31NO5. The predicted octanol–water partition coefficient (Wildman–Crippen LogP) is 5.25. The van der Waals surface area contributed by atoms with E-state index in [0.29, 0.717) is 29.7 Å². The van der Waals surface area contributed by atoms with Gasteiger partial charge in [-0.05, 0) is 80.3 Å². The maximum Gasteiger partial charge on any atom is 0.337 e. The Morgan fingerprint density at radius 2 is 1.63 bits per heavy atom. The van der Waals surface area contributed by atoms with Gasteiger partial charge in [-0.15, -0.1) is 0 Å². The highest BCUT2D eigenvalue weighted by Gasteiger charge is 2.42. The van der Waals surface area contributed by atoms with Gasteiger partial charge in [-0.1, -0.05) is 24.3 Å². The highest BCUT2D eigenvalue weighted by Crippen LogP contribution is 2.46. The SMILES string of the molecule is COc1ccc([C@H]2CC(=O)C3=C(C2)NC(C)=C(C(=O)OC2CCCC2)[C@H]3c2ccc(O)cc2)cc1. The van der Waals surface area contributed by atoms with Crippen LogP contribution in [-0.2, 0) is 14.3 Å². The molecule has 1 heterocycles. The standard InChI is InChI=1S/C29H31NO5/c1-17-26(29(33)35-23-5-3-4-6-23)27(19-7-11-21(31)12-8-19)28-24(30-17)15-20(16-25(28)32)18-9-13-22(34-2)14-10-18/h7-14,20,23,27,30-31H,3-6,15-16H2,1-2H3/t20-,27-/m1/s1. The second kappa shape index (κ2) is 9.61. The van der Waals surface area contributed by atoms with E-state index in [2.05, 4.69) is 5.32 Å². The zero-order valence-corrected chi connectivity index (χ0v) is 20.2. The van der Waals surface area contributed by atoms with E-state index < -0.39 is 5.92 Å². The number of methoxy groups -OCH3 is 1. The number of aromatic hydroxyl groups is 1. The number of Topliss-reactive ketones (excluding diaryl/α,β-unsaturated/α-hetero) is 1. The van der Waals surface area contributed by atoms with Crippen molar-refractivity contribution in [1.82, 2.24) is 5.32 Å². The van der Waals surface area contributed by atoms with E-state index in [4.69, 9.17) is 9.47 Å². The number of benzene rings is 2. The number of hydrogen-bond acceptors (Lipinski definition) is 6. The first-order valence-corrected chi connectivity index (χ1v) is 12.3. The lowest BCUT2D eigenvalue weighted by Gasteiger charge is -2.37. The minimum absolute atomic E-state index is 0.0244. The van der Waals surface area contributed by atoms with Gasteiger partial charge in [0.1, 0.15) is 17.6 Å². The average molecular weight is 474 g/mol. The molecule has 2 aromatic rings. The number of allylic oxidation sites excluding steroid dienone is 3. The van der Waals surface area contributed by atoms with Crippen molar-refractivity contribution in [3.05, 3.63) is 82.2 Å². The van der Waals surface area contributed by atoms with Crippen LogP contribution in [0.1, 0.15) is 68.4 Å². The molecule has 2 aromatic carbocycles. The number of carbonyl (C=O) groups is 2. The highest BCUT2D eigenvalue weighted by molar-refractivity contribution is 6.04. The molecule has 1 aliphatic heterocycles. The van der Waals surface area contributed by atoms with Gasteiger partial charge in [0.05, 0.1) is 12.7 Å². The molecule has 2 N–H and O–H groups in total. The maximum atomic E-state index is 13.7. The van der Waals surface area contributed by atoms with E-state index in [9.17, 15) is 14.7 Å². The molecule has 35 heavy (non-hydrogen) atoms. The number of ketones is 1. The molecule has 6 heteroatoms. The van der Waals surface area contributed by atoms with E-state index in [1.54, 1.807) is 31.4 Å². The van der Waals surface area contributed by atoms with Gasteiger partial charge in [-0.2, -0.15) is 0 Å². The lowest BCUT2D eigenvalue weighted by molar-refractivity contribution is -0.144. The summed E-state index contributed by atoms with van der Waals surface area (Å²) in [6.45, 7) is 1.88. The normalized spacial score (nSPS) is 22.6. The molecule has 182 valence electrons. The molecular weight excluding hydrogens is 442 g/mol. The fourth-order valence-corrected chi connectivity index (χ4v) is 5.64. The molecule has 2 atom stereocenters. The molecule has 0 aromatic heterocycles. The van der Waals surface area contributed by atoms with Crippen molar-refractivity contribution in [2.24, 2.45) is 0 Å². The highest BCUT2D eigenvalue weighted by atomic mass is 16.5. The Bertz CT molecular complexity index is 1190. The van der Waals surface area contributed by atoms with Crippen molar-refractivity contribution < 1.29 is 24.2 Å². The summed E-state index contributed by atoms with van der Waals surface area (Å²) >= 11 is 0. The smallest absolute Gasteiger partial charge is 0.337 e. The van der Waals surface area contributed by atoms with Gasteiger partial charge in [-0.25, -0.2) is 4.79 Å². The Labute approximate surface area is 205 Å². The van der Waals surface area contributed by atoms with Crippen molar-refractivity contribution in [1.29, 1.82) is 0 Å². The fourth-order valence-electron chi connectivity index (χ4n) is 5.64. The second-order valence-electron chi connectivity index (χ2n) is 9.69. The maximum absolute atomic E-state index is 13.7. The minimum atomic E-state index is -0.523. The van der Waals surface area contributed by atoms with Crippen LogP contribution >= 0.6 is 0 Å². The summed E-state index contributed by atoms with van der Waals surface area (Å²) in [4.78, 5) is 27.1. The molecule has 6 nitrogen and oxygen atoms in total. The third-order valence-corrected chi connectivity index (χ3v) is 7.44. The zero-order valence-electron chi connectivity index (χ0n) is 20.2. The Balaban J connectivity index is 1.51. The minimum Gasteiger partial charge on any atom is -0.508 e. The summed E-state index contributed by atoms with van der Waals surface area (Å²) < 4.78 is 11.2. The number of phenols is 1. The summed E-state index contributed by atoms with van der Waals surface area (Å²) in [7, 11) is 1.63. The summed E-state index contributed by atoms with van der Waals surface area (Å²) in [5.41, 5.74) is 4.57. The molecule has 1 saturated carbocycles. The molecule has 0 spiro atoms. The fraction of sp³-hybridized carbons (Fsp3) is 0.379. The van der Waals surface area contributed by atoms with Crippen molar-refractivity contribution in [3.8, 4) is 11.5 Å². The first-order valence-electron chi connectivity index (χ1n) is 12.3. The molecule has 0 bridgehead atoms. The quantitative estimate of drug-likeness (QED) is 0.577. The number of phenolic OH excluding ortho intramolecular Hbond substituents is 1. The Hall–Kier alpha value is -3.54. The lowest BCUT2D eigenvalue weighted by Crippen LogP contribution is -2.36. The number of dihydropyridines is 1. The molecule has 1 fully saturated rings. The first kappa shape index (κ1) is 23.2. The predicted molar refractivity (Wildman–Crippen MR) is 132 cm³/mol. The number of ether oxygens (including phenoxy) is 2. The third kappa shape index (κ3) is 4.57. The van der Waals surface area contributed by atoms with Crippen LogP contribution in [0.3, 0.4) is 0 Å². The van der Waals surface area contributed by atoms with Gasteiger partial charge < -0.3 is 19.9 Å². The van der Waals surface area contributed by atoms with Gasteiger partial charge >= 0.3 is 5.97 Å². The average Bonchev–Trinajstić information content (AvgIpc) is 3.36. The third-order valence-electron chi connectivity index (χ3n) is 7.44. The second-order valence-corrected chi connectivity index (χ2v) is 9.69. The van der Waals surface area contributed by atoms with Crippen LogP contribution in [-0.4, -0.2) is 30.1 Å². The van der Waals surface area contributed by atoms with Gasteiger partial charge in [0, 0.05) is 29.3 Å². The van der Waals surface area contributed by atoms with Crippen LogP contribution in [0.15, 0.2) is 71.1 Å². The largest absolute Gasteiger partial charge is 0.508 e. The molecule has 0 amide bonds. The van der Waals surface area contributed by atoms with Crippen LogP contribution in [0.25, 0.3) is 0 Å². The van der Waals surface area contributed by atoms with Gasteiger partial charge in [-0.3, -0.25) is 4.79 Å². The van der Waals surface area contributed by atoms with Crippen molar-refractivity contribution >= 4 is 11.8 Å². The molecule has 0 saturated heterocycles. The summed E-state index contributed by atoms with van der Waals surface area (Å²) in [6, 6.07) is 14.6. The number of esters is 1. The Morgan fingerprint density at radius 3 is 2.29 bits per heavy atom. The van der Waals surface area contributed by atoms with Crippen LogP contribution < -0.4 is 10.1 Å². The summed E-state index contributed by atoms with van der Waals surface area (Å²) in [5.74, 6) is 0.100. The summed E-state index contributed by atoms with van der Waals surface area (Å²) in [6.07, 6.45) is 4.86. The zero-order chi connectivity index (χ0) is 24.5. The molecule has 5 rings (SSSR count). The van der Waals surface area contributed by atoms with Crippen LogP contribution in [0.4, 0.5) is 0 Å². The summed E-state index contributed by atoms with van der Waals surface area (Å²) in [5, 5.41) is 13.3. The van der Waals surface area contributed by atoms with E-state index in [-0.39, 0.29) is 29.5 Å². The molecule has 3 aliphatic rings. The lowest BCUT2D eigenvalue weighted by atomic mass is 9.71. The van der Waals surface area contributed by atoms with Crippen molar-refractivity contribution in [2.45, 2.75) is 63.4 Å². The number of hydrogen-bond donors (Lipinski definition) is 2. The topological polar surface area (TPSA) is 84.9 Å². The number of rotatable bonds is 5. The van der Waals surface area contributed by atoms with E-state index in [1.165, 1.54) is 0 Å². The number of carbonyl (C=O) groups excluding carboxylic acids is 2. The van der Waals surface area contributed by atoms with E-state index in [0.717, 1.165) is 48.3 Å². The molecule has 0 radical (unpaired) electrons. The molecule has 0 unspecified atom stereocenters. The van der Waals surface area contributed by atoms with Gasteiger partial charge in [0.2, 0.25) is 0 Å². The number of nitrogens with one attached hydrogen (secondary N) is 1. The van der Waals surface area contributed by atoms with Gasteiger partial charge in [0.25, 0.3) is 0 Å². The van der Waals surface area contributed by atoms with Crippen molar-refractivity contribution in [3.63, 3.8) is 0 Å². The van der Waals surface area contributed by atoms with Crippen LogP contribution in [0, 0.1) is 0 Å². The van der Waals surface area contributed by atoms with E-state index in [1.807, 2.05) is 31.2 Å². The Morgan fingerprint density at radius 1 is 0.971 bits per heavy atom. The monoisotopic (exact) mass is 473 g/mol. The van der Waals surface area contributed by atoms with Crippen LogP contribution in [0.2, 0.25) is 0 Å². The van der Waals surface area contributed by atoms with E-state index >= 15 is 0 Å². The molecule has 2 aliphatic carbocycles. The van der Waals surface area contributed by atoms with Crippen LogP contribution in [0.5, 0.6) is 11.5 Å². The first-order chi connectivity index (χ1) is 16.9. The van der Waals surface area contributed by atoms with Gasteiger partial charge in [0.15, 0.2) is 5.78 Å². The van der Waals surface area contributed by atoms with Crippen molar-refractivity contribution in [2.75, 3.05) is 7.11 Å².